The summed E-state index contributed by atoms with van der Waals surface area (Å²) in [6, 6.07) is 8.64. The van der Waals surface area contributed by atoms with Crippen LogP contribution in [-0.4, -0.2) is 35.1 Å². The Morgan fingerprint density at radius 3 is 2.67 bits per heavy atom. The average molecular weight is 600 g/mol. The molecule has 7 nitrogen and oxygen atoms in total. The normalized spacial score (nSPS) is 13.3. The highest BCUT2D eigenvalue weighted by Crippen LogP contribution is 2.33. The minimum absolute atomic E-state index is 0.0101. The van der Waals surface area contributed by atoms with E-state index >= 15 is 0 Å². The van der Waals surface area contributed by atoms with Crippen LogP contribution in [0.1, 0.15) is 44.5 Å². The largest absolute Gasteiger partial charge is 0.477 e. The molecule has 0 amide bonds. The van der Waals surface area contributed by atoms with E-state index in [1.165, 1.54) is 18.0 Å². The molecule has 0 bridgehead atoms. The molecule has 1 aromatic heterocycles. The summed E-state index contributed by atoms with van der Waals surface area (Å²) in [5.41, 5.74) is 0.784. The molecule has 2 aromatic carbocycles. The Balaban J connectivity index is 2.17. The molecule has 0 aliphatic heterocycles. The summed E-state index contributed by atoms with van der Waals surface area (Å²) in [6.45, 7) is 5.58. The Morgan fingerprint density at radius 2 is 2.00 bits per heavy atom. The van der Waals surface area contributed by atoms with Crippen molar-refractivity contribution in [1.29, 1.82) is 0 Å². The Labute approximate surface area is 213 Å². The highest BCUT2D eigenvalue weighted by molar-refractivity contribution is 9.10. The zero-order valence-electron chi connectivity index (χ0n) is 18.4. The van der Waals surface area contributed by atoms with E-state index in [2.05, 4.69) is 37.0 Å². The molecular formula is C23H22Br2ClN3O4. The van der Waals surface area contributed by atoms with Crippen LogP contribution < -0.4 is 10.3 Å². The molecule has 0 N–H and O–H groups in total. The molecule has 3 rings (SSSR count). The number of ether oxygens (including phenoxy) is 2. The summed E-state index contributed by atoms with van der Waals surface area (Å²) in [7, 11) is 1.29. The quantitative estimate of drug-likeness (QED) is 0.249. The topological polar surface area (TPSA) is 82.8 Å². The van der Waals surface area contributed by atoms with Gasteiger partial charge in [-0.2, -0.15) is 9.78 Å². The minimum Gasteiger partial charge on any atom is -0.477 e. The van der Waals surface area contributed by atoms with E-state index in [0.717, 1.165) is 10.9 Å². The molecule has 2 atom stereocenters. The Kier molecular flexibility index (Phi) is 8.31. The van der Waals surface area contributed by atoms with Crippen molar-refractivity contribution in [3.8, 4) is 5.75 Å². The van der Waals surface area contributed by atoms with Gasteiger partial charge in [-0.3, -0.25) is 4.79 Å². The number of fused-ring (bicyclic) bond motifs is 1. The van der Waals surface area contributed by atoms with E-state index in [4.69, 9.17) is 26.1 Å². The Hall–Kier alpha value is -2.23. The first-order valence-electron chi connectivity index (χ1n) is 10.2. The van der Waals surface area contributed by atoms with Crippen LogP contribution in [0.15, 0.2) is 49.2 Å². The van der Waals surface area contributed by atoms with E-state index < -0.39 is 12.1 Å². The molecule has 10 heteroatoms. The van der Waals surface area contributed by atoms with Crippen LogP contribution in [-0.2, 0) is 9.53 Å². The first kappa shape index (κ1) is 25.4. The second kappa shape index (κ2) is 10.8. The molecule has 0 saturated carbocycles. The van der Waals surface area contributed by atoms with Gasteiger partial charge in [0.1, 0.15) is 11.6 Å². The summed E-state index contributed by atoms with van der Waals surface area (Å²) in [5, 5.41) is 5.33. The average Bonchev–Trinajstić information content (AvgIpc) is 2.79. The van der Waals surface area contributed by atoms with E-state index in [1.54, 1.807) is 31.2 Å². The highest BCUT2D eigenvalue weighted by Gasteiger charge is 2.20. The maximum atomic E-state index is 13.3. The third-order valence-corrected chi connectivity index (χ3v) is 6.36. The number of carbonyl (C=O) groups excluding carboxylic acids is 1. The van der Waals surface area contributed by atoms with Gasteiger partial charge in [0.2, 0.25) is 0 Å². The van der Waals surface area contributed by atoms with Gasteiger partial charge in [0, 0.05) is 21.0 Å². The van der Waals surface area contributed by atoms with Crippen LogP contribution in [0, 0.1) is 0 Å². The molecule has 0 fully saturated rings. The van der Waals surface area contributed by atoms with Gasteiger partial charge in [0.05, 0.1) is 28.7 Å². The highest BCUT2D eigenvalue weighted by atomic mass is 79.9. The molecular weight excluding hydrogens is 578 g/mol. The molecule has 0 radical (unpaired) electrons. The molecule has 1 heterocycles. The summed E-state index contributed by atoms with van der Waals surface area (Å²) < 4.78 is 13.1. The predicted octanol–water partition coefficient (Wildman–Crippen LogP) is 5.91. The zero-order chi connectivity index (χ0) is 24.3. The number of nitrogens with zero attached hydrogens (tertiary/aromatic N) is 3. The van der Waals surface area contributed by atoms with Crippen LogP contribution in [0.5, 0.6) is 5.75 Å². The third-order valence-electron chi connectivity index (χ3n) is 5.06. The van der Waals surface area contributed by atoms with Crippen LogP contribution in [0.4, 0.5) is 0 Å². The summed E-state index contributed by atoms with van der Waals surface area (Å²) >= 11 is 13.1. The molecule has 0 aliphatic carbocycles. The van der Waals surface area contributed by atoms with Gasteiger partial charge in [-0.1, -0.05) is 41.4 Å². The summed E-state index contributed by atoms with van der Waals surface area (Å²) in [5.74, 6) is 0.346. The van der Waals surface area contributed by atoms with Crippen LogP contribution in [0.2, 0.25) is 5.02 Å². The lowest BCUT2D eigenvalue weighted by Crippen LogP contribution is -2.26. The molecule has 174 valence electrons. The van der Waals surface area contributed by atoms with Gasteiger partial charge < -0.3 is 9.47 Å². The zero-order valence-corrected chi connectivity index (χ0v) is 22.4. The lowest BCUT2D eigenvalue weighted by atomic mass is 10.1. The van der Waals surface area contributed by atoms with Crippen molar-refractivity contribution in [1.82, 2.24) is 9.66 Å². The Bertz CT molecular complexity index is 1290. The number of halogens is 3. The fraction of sp³-hybridized carbons (Fsp3) is 0.304. The Morgan fingerprint density at radius 1 is 1.27 bits per heavy atom. The first-order valence-corrected chi connectivity index (χ1v) is 12.1. The number of esters is 1. The number of carbonyl (C=O) groups is 1. The van der Waals surface area contributed by atoms with Gasteiger partial charge in [-0.15, -0.1) is 0 Å². The SMILES string of the molecule is CC[C@@H](C)c1nc2ccc(Br)cc2c(=O)n1N=Cc1cc(Cl)cc(Br)c1O[C@@H](C)C(=O)OC. The number of hydrogen-bond donors (Lipinski definition) is 0. The van der Waals surface area contributed by atoms with Crippen molar-refractivity contribution in [3.63, 3.8) is 0 Å². The maximum absolute atomic E-state index is 13.3. The van der Waals surface area contributed by atoms with Crippen molar-refractivity contribution in [2.75, 3.05) is 7.11 Å². The van der Waals surface area contributed by atoms with Gasteiger partial charge in [-0.25, -0.2) is 9.78 Å². The van der Waals surface area contributed by atoms with Crippen molar-refractivity contribution >= 4 is 66.5 Å². The van der Waals surface area contributed by atoms with Gasteiger partial charge in [-0.05, 0) is 59.6 Å². The molecule has 3 aromatic rings. The van der Waals surface area contributed by atoms with Gasteiger partial charge >= 0.3 is 5.97 Å². The van der Waals surface area contributed by atoms with E-state index in [1.807, 2.05) is 19.9 Å². The number of aromatic nitrogens is 2. The molecule has 0 aliphatic rings. The van der Waals surface area contributed by atoms with Gasteiger partial charge in [0.25, 0.3) is 5.56 Å². The molecule has 0 saturated heterocycles. The second-order valence-corrected chi connectivity index (χ2v) is 9.60. The third kappa shape index (κ3) is 5.65. The summed E-state index contributed by atoms with van der Waals surface area (Å²) in [4.78, 5) is 29.9. The van der Waals surface area contributed by atoms with Crippen molar-refractivity contribution in [3.05, 3.63) is 66.0 Å². The smallest absolute Gasteiger partial charge is 0.346 e. The van der Waals surface area contributed by atoms with E-state index in [-0.39, 0.29) is 11.5 Å². The lowest BCUT2D eigenvalue weighted by molar-refractivity contribution is -0.147. The maximum Gasteiger partial charge on any atom is 0.346 e. The van der Waals surface area contributed by atoms with Gasteiger partial charge in [0.15, 0.2) is 6.10 Å². The minimum atomic E-state index is -0.863. The van der Waals surface area contributed by atoms with Crippen LogP contribution in [0.3, 0.4) is 0 Å². The fourth-order valence-corrected chi connectivity index (χ4v) is 4.38. The monoisotopic (exact) mass is 597 g/mol. The van der Waals surface area contributed by atoms with Crippen LogP contribution >= 0.6 is 43.5 Å². The summed E-state index contributed by atoms with van der Waals surface area (Å²) in [6.07, 6.45) is 1.38. The molecule has 33 heavy (non-hydrogen) atoms. The molecule has 0 spiro atoms. The van der Waals surface area contributed by atoms with Crippen LogP contribution in [0.25, 0.3) is 10.9 Å². The standard InChI is InChI=1S/C23H22Br2ClN3O4/c1-5-12(2)21-28-19-7-6-15(24)9-17(19)22(30)29(21)27-11-14-8-16(26)10-18(25)20(14)33-13(3)23(31)32-4/h6-13H,5H2,1-4H3/t12-,13+/m1/s1. The van der Waals surface area contributed by atoms with Crippen molar-refractivity contribution in [2.24, 2.45) is 5.10 Å². The number of hydrogen-bond acceptors (Lipinski definition) is 6. The first-order chi connectivity index (χ1) is 15.7. The van der Waals surface area contributed by atoms with E-state index in [0.29, 0.717) is 37.5 Å². The lowest BCUT2D eigenvalue weighted by Gasteiger charge is -2.17. The van der Waals surface area contributed by atoms with E-state index in [9.17, 15) is 9.59 Å². The van der Waals surface area contributed by atoms with Crippen molar-refractivity contribution in [2.45, 2.75) is 39.2 Å². The number of rotatable bonds is 7. The van der Waals surface area contributed by atoms with Crippen molar-refractivity contribution < 1.29 is 14.3 Å². The molecule has 0 unspecified atom stereocenters. The number of methoxy groups -OCH3 is 1. The second-order valence-electron chi connectivity index (χ2n) is 7.39. The number of benzene rings is 2. The fourth-order valence-electron chi connectivity index (χ4n) is 3.09. The predicted molar refractivity (Wildman–Crippen MR) is 137 cm³/mol.